The molecule has 0 aromatic carbocycles. The number of amides is 1. The Kier molecular flexibility index (Phi) is 59.7. The lowest BCUT2D eigenvalue weighted by Gasteiger charge is -2.27. The Bertz CT molecular complexity index is 1740. The molecule has 0 radical (unpaired) electrons. The summed E-state index contributed by atoms with van der Waals surface area (Å²) >= 11 is 0. The highest BCUT2D eigenvalue weighted by atomic mass is 31.2. The molecular weight excluding hydrogens is 1050 g/mol. The number of allylic oxidation sites excluding steroid dienone is 15. The van der Waals surface area contributed by atoms with E-state index in [9.17, 15) is 19.0 Å². The van der Waals surface area contributed by atoms with Crippen LogP contribution >= 0.6 is 7.82 Å². The van der Waals surface area contributed by atoms with E-state index < -0.39 is 20.0 Å². The molecule has 0 saturated carbocycles. The molecule has 0 aliphatic heterocycles. The number of likely N-dealkylation sites (N-methyl/N-ethyl adjacent to an activating group) is 1. The fraction of sp³-hybridized carbons (Fsp3) is 0.753. The maximum absolute atomic E-state index is 13.6. The van der Waals surface area contributed by atoms with Crippen molar-refractivity contribution in [3.8, 4) is 0 Å². The molecule has 0 saturated heterocycles. The molecular formula is C73H132N2O7P+. The van der Waals surface area contributed by atoms with Gasteiger partial charge < -0.3 is 19.4 Å². The number of carbonyl (C=O) groups is 2. The molecule has 0 bridgehead atoms. The molecule has 0 aromatic heterocycles. The second-order valence-corrected chi connectivity index (χ2v) is 25.9. The lowest BCUT2D eigenvalue weighted by atomic mass is 10.0. The number of hydrogen-bond acceptors (Lipinski definition) is 6. The van der Waals surface area contributed by atoms with Crippen LogP contribution in [0.3, 0.4) is 0 Å². The molecule has 0 aliphatic carbocycles. The van der Waals surface area contributed by atoms with E-state index in [1.807, 2.05) is 94.1 Å². The third-order valence-corrected chi connectivity index (χ3v) is 16.2. The molecule has 0 fully saturated rings. The largest absolute Gasteiger partial charge is 0.472 e. The van der Waals surface area contributed by atoms with E-state index in [1.165, 1.54) is 199 Å². The first-order chi connectivity index (χ1) is 40.4. The molecule has 480 valence electrons. The van der Waals surface area contributed by atoms with Crippen molar-refractivity contribution >= 4 is 19.7 Å². The smallest absolute Gasteiger partial charge is 0.456 e. The van der Waals surface area contributed by atoms with E-state index in [-0.39, 0.29) is 37.9 Å². The van der Waals surface area contributed by atoms with E-state index in [2.05, 4.69) is 50.4 Å². The van der Waals surface area contributed by atoms with Crippen molar-refractivity contribution in [3.05, 3.63) is 97.2 Å². The van der Waals surface area contributed by atoms with Crippen molar-refractivity contribution in [1.29, 1.82) is 0 Å². The molecule has 1 amide bonds. The molecule has 2 N–H and O–H groups in total. The highest BCUT2D eigenvalue weighted by Gasteiger charge is 2.30. The Balaban J connectivity index is 5.11. The lowest BCUT2D eigenvalue weighted by Crippen LogP contribution is -2.47. The second-order valence-electron chi connectivity index (χ2n) is 24.5. The van der Waals surface area contributed by atoms with Crippen molar-refractivity contribution in [2.45, 2.75) is 315 Å². The minimum atomic E-state index is -4.47. The van der Waals surface area contributed by atoms with E-state index in [0.717, 1.165) is 64.2 Å². The molecule has 83 heavy (non-hydrogen) atoms. The zero-order valence-corrected chi connectivity index (χ0v) is 55.8. The molecule has 3 unspecified atom stereocenters. The van der Waals surface area contributed by atoms with Crippen LogP contribution in [0.15, 0.2) is 97.2 Å². The predicted molar refractivity (Wildman–Crippen MR) is 360 cm³/mol. The zero-order chi connectivity index (χ0) is 60.7. The summed E-state index contributed by atoms with van der Waals surface area (Å²) in [6, 6.07) is -0.877. The maximum Gasteiger partial charge on any atom is 0.472 e. The van der Waals surface area contributed by atoms with Gasteiger partial charge in [0.1, 0.15) is 19.3 Å². The number of phosphoric acid groups is 1. The van der Waals surface area contributed by atoms with Crippen LogP contribution in [0.1, 0.15) is 303 Å². The fourth-order valence-electron chi connectivity index (χ4n) is 9.85. The molecule has 10 heteroatoms. The van der Waals surface area contributed by atoms with Gasteiger partial charge >= 0.3 is 13.8 Å². The van der Waals surface area contributed by atoms with Crippen LogP contribution in [-0.2, 0) is 27.9 Å². The zero-order valence-electron chi connectivity index (χ0n) is 54.9. The summed E-state index contributed by atoms with van der Waals surface area (Å²) in [5.74, 6) is -0.551. The molecule has 0 spiro atoms. The summed E-state index contributed by atoms with van der Waals surface area (Å²) in [5.41, 5.74) is 0. The SMILES string of the molecule is CC\C=C/C=C/C=C/C=C\C=C\C=C\CCCCCC(=O)NC(COP(=O)(O)OCC[N+](C)(C)C)C(/C=C\CCCCCCCCCCCCC)OC(=O)CCCCCCCCCCCCCCCCCCC/C=C/CCCCCCCC. The van der Waals surface area contributed by atoms with Gasteiger partial charge in [-0.25, -0.2) is 4.57 Å². The number of nitrogens with one attached hydrogen (secondary N) is 1. The number of unbranched alkanes of at least 4 members (excludes halogenated alkanes) is 37. The highest BCUT2D eigenvalue weighted by molar-refractivity contribution is 7.47. The lowest BCUT2D eigenvalue weighted by molar-refractivity contribution is -0.870. The van der Waals surface area contributed by atoms with Gasteiger partial charge in [-0.05, 0) is 76.7 Å². The van der Waals surface area contributed by atoms with Gasteiger partial charge in [-0.1, -0.05) is 311 Å². The Morgan fingerprint density at radius 2 is 0.783 bits per heavy atom. The van der Waals surface area contributed by atoms with E-state index in [0.29, 0.717) is 17.4 Å². The van der Waals surface area contributed by atoms with Gasteiger partial charge in [-0.15, -0.1) is 0 Å². The van der Waals surface area contributed by atoms with Gasteiger partial charge in [-0.3, -0.25) is 18.6 Å². The average molecular weight is 1180 g/mol. The van der Waals surface area contributed by atoms with Crippen LogP contribution in [0, 0.1) is 0 Å². The summed E-state index contributed by atoms with van der Waals surface area (Å²) in [4.78, 5) is 37.8. The summed E-state index contributed by atoms with van der Waals surface area (Å²) in [7, 11) is 1.46. The Labute approximate surface area is 513 Å². The van der Waals surface area contributed by atoms with Crippen LogP contribution in [-0.4, -0.2) is 74.3 Å². The first-order valence-corrected chi connectivity index (χ1v) is 36.1. The van der Waals surface area contributed by atoms with Crippen molar-refractivity contribution in [2.24, 2.45) is 0 Å². The van der Waals surface area contributed by atoms with Crippen LogP contribution in [0.5, 0.6) is 0 Å². The number of quaternary nitrogens is 1. The van der Waals surface area contributed by atoms with Gasteiger partial charge in [0.15, 0.2) is 0 Å². The van der Waals surface area contributed by atoms with Gasteiger partial charge in [0.25, 0.3) is 0 Å². The number of phosphoric ester groups is 1. The first-order valence-electron chi connectivity index (χ1n) is 34.6. The molecule has 3 atom stereocenters. The predicted octanol–water partition coefficient (Wildman–Crippen LogP) is 21.9. The van der Waals surface area contributed by atoms with Crippen molar-refractivity contribution < 1.29 is 37.3 Å². The van der Waals surface area contributed by atoms with Crippen LogP contribution in [0.2, 0.25) is 0 Å². The van der Waals surface area contributed by atoms with Gasteiger partial charge in [-0.2, -0.15) is 0 Å². The third kappa shape index (κ3) is 63.3. The standard InChI is InChI=1S/C73H131N2O7P/c1-7-10-13-16-19-22-25-28-30-32-33-34-35-36-37-38-39-40-41-43-45-48-51-54-57-60-63-66-73(77)82-71(64-61-58-55-52-49-46-27-24-21-18-15-12-9-3)70(69-81-83(78,79)80-68-67-75(4,5)6)74-72(76)65-62-59-56-53-50-47-44-42-31-29-26-23-20-17-14-11-8-2/h11,14,17,20,23,26,28-31,42,44,47,50,61,64,70-71H,7-10,12-13,15-16,18-19,21-22,24-25,27,32-41,43,45-46,48-49,51-60,62-63,65-69H2,1-6H3,(H-,74,76,78,79)/p+1/b14-11-,20-17+,26-23+,30-28+,31-29-,44-42+,50-47+,64-61-. The molecule has 0 aliphatic rings. The third-order valence-electron chi connectivity index (χ3n) is 15.2. The van der Waals surface area contributed by atoms with Crippen molar-refractivity contribution in [1.82, 2.24) is 5.32 Å². The van der Waals surface area contributed by atoms with Gasteiger partial charge in [0, 0.05) is 12.8 Å². The molecule has 0 heterocycles. The number of esters is 1. The molecule has 0 rings (SSSR count). The van der Waals surface area contributed by atoms with E-state index in [4.69, 9.17) is 13.8 Å². The normalized spacial score (nSPS) is 14.2. The number of nitrogens with zero attached hydrogens (tertiary/aromatic N) is 1. The van der Waals surface area contributed by atoms with E-state index >= 15 is 0 Å². The summed E-state index contributed by atoms with van der Waals surface area (Å²) < 4.78 is 30.8. The first kappa shape index (κ1) is 79.9. The van der Waals surface area contributed by atoms with Crippen molar-refractivity contribution in [3.63, 3.8) is 0 Å². The Hall–Kier alpha value is -3.07. The number of hydrogen-bond donors (Lipinski definition) is 2. The summed E-state index contributed by atoms with van der Waals surface area (Å²) in [6.45, 7) is 6.85. The Morgan fingerprint density at radius 1 is 0.434 bits per heavy atom. The average Bonchev–Trinajstić information content (AvgIpc) is 3.46. The minimum absolute atomic E-state index is 0.0276. The van der Waals surface area contributed by atoms with Crippen LogP contribution in [0.25, 0.3) is 0 Å². The maximum atomic E-state index is 13.6. The van der Waals surface area contributed by atoms with Gasteiger partial charge in [0.05, 0.1) is 33.8 Å². The van der Waals surface area contributed by atoms with Gasteiger partial charge in [0.2, 0.25) is 5.91 Å². The Morgan fingerprint density at radius 3 is 1.20 bits per heavy atom. The molecule has 9 nitrogen and oxygen atoms in total. The summed E-state index contributed by atoms with van der Waals surface area (Å²) in [5, 5.41) is 3.04. The number of carbonyl (C=O) groups excluding carboxylic acids is 2. The number of ether oxygens (including phenoxy) is 1. The monoisotopic (exact) mass is 1180 g/mol. The van der Waals surface area contributed by atoms with E-state index in [1.54, 1.807) is 0 Å². The quantitative estimate of drug-likeness (QED) is 0.0156. The van der Waals surface area contributed by atoms with Crippen molar-refractivity contribution in [2.75, 3.05) is 40.9 Å². The minimum Gasteiger partial charge on any atom is -0.456 e. The second kappa shape index (κ2) is 62.0. The number of rotatable bonds is 62. The molecule has 0 aromatic rings. The topological polar surface area (TPSA) is 111 Å². The van der Waals surface area contributed by atoms with Crippen LogP contribution in [0.4, 0.5) is 0 Å². The van der Waals surface area contributed by atoms with Crippen LogP contribution < -0.4 is 5.32 Å². The fourth-order valence-corrected chi connectivity index (χ4v) is 10.6. The summed E-state index contributed by atoms with van der Waals surface area (Å²) in [6.07, 6.45) is 84.3. The highest BCUT2D eigenvalue weighted by Crippen LogP contribution is 2.43.